The van der Waals surface area contributed by atoms with Crippen LogP contribution in [-0.2, 0) is 0 Å². The molecule has 1 aromatic carbocycles. The summed E-state index contributed by atoms with van der Waals surface area (Å²) in [5, 5.41) is 9.99. The van der Waals surface area contributed by atoms with E-state index in [2.05, 4.69) is 38.1 Å². The lowest BCUT2D eigenvalue weighted by molar-refractivity contribution is 0.124. The Hall–Kier alpha value is -0.820. The highest BCUT2D eigenvalue weighted by Crippen LogP contribution is 2.50. The maximum atomic E-state index is 9.99. The van der Waals surface area contributed by atoms with Crippen molar-refractivity contribution in [1.29, 1.82) is 0 Å². The Balaban J connectivity index is 1.91. The third-order valence-corrected chi connectivity index (χ3v) is 3.27. The summed E-state index contributed by atoms with van der Waals surface area (Å²) in [6.45, 7) is 4.34. The van der Waals surface area contributed by atoms with E-state index >= 15 is 0 Å². The summed E-state index contributed by atoms with van der Waals surface area (Å²) in [6.07, 6.45) is 2.00. The standard InChI is InChI=1S/C14H20O/c1-10(2)8-14(15)13-9-12(13)11-6-4-3-5-7-11/h3-7,10,12-15H,8-9H2,1-2H3/t12-,13+,14?/m0/s1. The summed E-state index contributed by atoms with van der Waals surface area (Å²) < 4.78 is 0. The predicted octanol–water partition coefficient (Wildman–Crippen LogP) is 3.20. The van der Waals surface area contributed by atoms with Gasteiger partial charge in [0.05, 0.1) is 6.10 Å². The van der Waals surface area contributed by atoms with Crippen molar-refractivity contribution in [1.82, 2.24) is 0 Å². The first-order valence-corrected chi connectivity index (χ1v) is 5.91. The Labute approximate surface area is 92.1 Å². The van der Waals surface area contributed by atoms with Crippen LogP contribution >= 0.6 is 0 Å². The topological polar surface area (TPSA) is 20.2 Å². The molecule has 0 aliphatic heterocycles. The Kier molecular flexibility index (Phi) is 3.11. The SMILES string of the molecule is CC(C)CC(O)[C@@H]1C[C@H]1c1ccccc1. The van der Waals surface area contributed by atoms with Gasteiger partial charge in [-0.2, -0.15) is 0 Å². The van der Waals surface area contributed by atoms with Gasteiger partial charge in [-0.1, -0.05) is 44.2 Å². The maximum absolute atomic E-state index is 9.99. The number of rotatable bonds is 4. The van der Waals surface area contributed by atoms with E-state index in [0.29, 0.717) is 17.8 Å². The van der Waals surface area contributed by atoms with Crippen LogP contribution in [0.4, 0.5) is 0 Å². The molecule has 1 nitrogen and oxygen atoms in total. The van der Waals surface area contributed by atoms with Crippen molar-refractivity contribution >= 4 is 0 Å². The smallest absolute Gasteiger partial charge is 0.0576 e. The van der Waals surface area contributed by atoms with Crippen molar-refractivity contribution in [2.24, 2.45) is 11.8 Å². The fraction of sp³-hybridized carbons (Fsp3) is 0.571. The van der Waals surface area contributed by atoms with Gasteiger partial charge in [0.1, 0.15) is 0 Å². The van der Waals surface area contributed by atoms with Crippen molar-refractivity contribution in [3.05, 3.63) is 35.9 Å². The summed E-state index contributed by atoms with van der Waals surface area (Å²) in [6, 6.07) is 10.6. The van der Waals surface area contributed by atoms with Crippen molar-refractivity contribution < 1.29 is 5.11 Å². The van der Waals surface area contributed by atoms with Crippen molar-refractivity contribution in [3.8, 4) is 0 Å². The van der Waals surface area contributed by atoms with E-state index in [1.54, 1.807) is 0 Å². The molecule has 0 aromatic heterocycles. The van der Waals surface area contributed by atoms with Gasteiger partial charge in [0.15, 0.2) is 0 Å². The molecule has 0 spiro atoms. The molecular formula is C14H20O. The second kappa shape index (κ2) is 4.36. The second-order valence-corrected chi connectivity index (χ2v) is 5.11. The molecule has 82 valence electrons. The molecule has 1 fully saturated rings. The molecule has 0 saturated heterocycles. The van der Waals surface area contributed by atoms with Gasteiger partial charge in [-0.15, -0.1) is 0 Å². The summed E-state index contributed by atoms with van der Waals surface area (Å²) >= 11 is 0. The van der Waals surface area contributed by atoms with E-state index in [1.165, 1.54) is 5.56 Å². The van der Waals surface area contributed by atoms with Crippen LogP contribution in [-0.4, -0.2) is 11.2 Å². The van der Waals surface area contributed by atoms with E-state index in [0.717, 1.165) is 12.8 Å². The third kappa shape index (κ3) is 2.60. The van der Waals surface area contributed by atoms with E-state index in [1.807, 2.05) is 6.07 Å². The fourth-order valence-electron chi connectivity index (χ4n) is 2.38. The van der Waals surface area contributed by atoms with Crippen LogP contribution in [0.25, 0.3) is 0 Å². The van der Waals surface area contributed by atoms with Gasteiger partial charge in [0, 0.05) is 0 Å². The van der Waals surface area contributed by atoms with Gasteiger partial charge in [0.2, 0.25) is 0 Å². The van der Waals surface area contributed by atoms with E-state index < -0.39 is 0 Å². The van der Waals surface area contributed by atoms with Crippen molar-refractivity contribution in [3.63, 3.8) is 0 Å². The van der Waals surface area contributed by atoms with E-state index in [-0.39, 0.29) is 6.10 Å². The molecule has 0 bridgehead atoms. The Morgan fingerprint density at radius 3 is 2.53 bits per heavy atom. The highest BCUT2D eigenvalue weighted by molar-refractivity contribution is 5.26. The normalized spacial score (nSPS) is 26.7. The summed E-state index contributed by atoms with van der Waals surface area (Å²) in [4.78, 5) is 0. The number of aliphatic hydroxyl groups excluding tert-OH is 1. The number of hydrogen-bond donors (Lipinski definition) is 1. The number of benzene rings is 1. The average molecular weight is 204 g/mol. The third-order valence-electron chi connectivity index (χ3n) is 3.27. The zero-order valence-electron chi connectivity index (χ0n) is 9.56. The lowest BCUT2D eigenvalue weighted by Gasteiger charge is -2.12. The van der Waals surface area contributed by atoms with Gasteiger partial charge in [-0.25, -0.2) is 0 Å². The monoisotopic (exact) mass is 204 g/mol. The zero-order chi connectivity index (χ0) is 10.8. The van der Waals surface area contributed by atoms with Crippen LogP contribution in [0.3, 0.4) is 0 Å². The molecule has 1 aromatic rings. The molecule has 0 radical (unpaired) electrons. The van der Waals surface area contributed by atoms with Gasteiger partial charge in [0.25, 0.3) is 0 Å². The Morgan fingerprint density at radius 1 is 1.27 bits per heavy atom. The minimum absolute atomic E-state index is 0.102. The fourth-order valence-corrected chi connectivity index (χ4v) is 2.38. The first-order valence-electron chi connectivity index (χ1n) is 5.91. The predicted molar refractivity (Wildman–Crippen MR) is 62.8 cm³/mol. The molecule has 1 unspecified atom stereocenters. The Morgan fingerprint density at radius 2 is 1.93 bits per heavy atom. The highest BCUT2D eigenvalue weighted by atomic mass is 16.3. The van der Waals surface area contributed by atoms with Gasteiger partial charge in [-0.3, -0.25) is 0 Å². The van der Waals surface area contributed by atoms with Crippen LogP contribution in [0.15, 0.2) is 30.3 Å². The first kappa shape index (κ1) is 10.7. The summed E-state index contributed by atoms with van der Waals surface area (Å²) in [5.41, 5.74) is 1.39. The maximum Gasteiger partial charge on any atom is 0.0576 e. The minimum atomic E-state index is -0.102. The Bertz CT molecular complexity index is 304. The van der Waals surface area contributed by atoms with Crippen LogP contribution in [0, 0.1) is 11.8 Å². The summed E-state index contributed by atoms with van der Waals surface area (Å²) in [7, 11) is 0. The molecule has 1 N–H and O–H groups in total. The molecule has 1 aliphatic rings. The minimum Gasteiger partial charge on any atom is -0.393 e. The van der Waals surface area contributed by atoms with Gasteiger partial charge < -0.3 is 5.11 Å². The molecule has 1 heteroatoms. The van der Waals surface area contributed by atoms with Crippen LogP contribution in [0.1, 0.15) is 38.2 Å². The summed E-state index contributed by atoms with van der Waals surface area (Å²) in [5.74, 6) is 1.71. The van der Waals surface area contributed by atoms with Crippen LogP contribution < -0.4 is 0 Å². The van der Waals surface area contributed by atoms with Crippen LogP contribution in [0.2, 0.25) is 0 Å². The highest BCUT2D eigenvalue weighted by Gasteiger charge is 2.42. The number of aliphatic hydroxyl groups is 1. The zero-order valence-corrected chi connectivity index (χ0v) is 9.56. The number of hydrogen-bond acceptors (Lipinski definition) is 1. The average Bonchev–Trinajstić information content (AvgIpc) is 2.97. The van der Waals surface area contributed by atoms with Crippen molar-refractivity contribution in [2.45, 2.75) is 38.7 Å². The van der Waals surface area contributed by atoms with Gasteiger partial charge >= 0.3 is 0 Å². The largest absolute Gasteiger partial charge is 0.393 e. The first-order chi connectivity index (χ1) is 7.18. The molecule has 0 amide bonds. The molecule has 0 heterocycles. The quantitative estimate of drug-likeness (QED) is 0.798. The molecule has 15 heavy (non-hydrogen) atoms. The lowest BCUT2D eigenvalue weighted by Crippen LogP contribution is -2.13. The molecular weight excluding hydrogens is 184 g/mol. The molecule has 1 aliphatic carbocycles. The van der Waals surface area contributed by atoms with E-state index in [4.69, 9.17) is 0 Å². The molecule has 3 atom stereocenters. The molecule has 1 saturated carbocycles. The van der Waals surface area contributed by atoms with Crippen LogP contribution in [0.5, 0.6) is 0 Å². The van der Waals surface area contributed by atoms with Crippen molar-refractivity contribution in [2.75, 3.05) is 0 Å². The lowest BCUT2D eigenvalue weighted by atomic mass is 10.00. The van der Waals surface area contributed by atoms with Gasteiger partial charge in [-0.05, 0) is 36.2 Å². The van der Waals surface area contributed by atoms with E-state index in [9.17, 15) is 5.11 Å². The second-order valence-electron chi connectivity index (χ2n) is 5.11. The molecule has 2 rings (SSSR count).